The topological polar surface area (TPSA) is 98.7 Å². The van der Waals surface area contributed by atoms with Crippen molar-refractivity contribution in [3.63, 3.8) is 0 Å². The van der Waals surface area contributed by atoms with Crippen LogP contribution in [0.25, 0.3) is 0 Å². The summed E-state index contributed by atoms with van der Waals surface area (Å²) in [5.41, 5.74) is 0.675. The number of carbonyl (C=O) groups is 1. The number of aromatic hydroxyl groups is 1. The minimum absolute atomic E-state index is 0.124. The Hall–Kier alpha value is -1.87. The van der Waals surface area contributed by atoms with Gasteiger partial charge in [0.05, 0.1) is 0 Å². The Kier molecular flexibility index (Phi) is 4.75. The first-order valence-corrected chi connectivity index (χ1v) is 10.9. The lowest BCUT2D eigenvalue weighted by molar-refractivity contribution is -0.117. The summed E-state index contributed by atoms with van der Waals surface area (Å²) in [7, 11) is -4.18. The second-order valence-electron chi connectivity index (χ2n) is 7.71. The average molecular weight is 397 g/mol. The minimum atomic E-state index is -4.18. The van der Waals surface area contributed by atoms with Gasteiger partial charge in [-0.25, -0.2) is 13.4 Å². The summed E-state index contributed by atoms with van der Waals surface area (Å²) in [6, 6.07) is 1.55. The fraction of sp³-hybridized carbons (Fsp3) is 0.611. The Balaban J connectivity index is 1.54. The van der Waals surface area contributed by atoms with Crippen LogP contribution in [0.4, 0.5) is 10.1 Å². The zero-order chi connectivity index (χ0) is 19.2. The molecule has 9 heteroatoms. The maximum atomic E-state index is 15.2. The summed E-state index contributed by atoms with van der Waals surface area (Å²) < 4.78 is 41.7. The van der Waals surface area contributed by atoms with E-state index in [4.69, 9.17) is 0 Å². The van der Waals surface area contributed by atoms with E-state index in [-0.39, 0.29) is 6.04 Å². The van der Waals surface area contributed by atoms with Crippen LogP contribution in [0.15, 0.2) is 6.07 Å². The van der Waals surface area contributed by atoms with Gasteiger partial charge in [-0.15, -0.1) is 0 Å². The largest absolute Gasteiger partial charge is 0.506 e. The molecule has 1 saturated carbocycles. The molecule has 0 unspecified atom stereocenters. The lowest BCUT2D eigenvalue weighted by Gasteiger charge is -2.30. The Morgan fingerprint density at radius 2 is 2.11 bits per heavy atom. The monoisotopic (exact) mass is 397 g/mol. The van der Waals surface area contributed by atoms with Crippen LogP contribution in [0, 0.1) is 11.7 Å². The number of hydrogen-bond donors (Lipinski definition) is 3. The van der Waals surface area contributed by atoms with E-state index < -0.39 is 39.9 Å². The van der Waals surface area contributed by atoms with Gasteiger partial charge in [0.2, 0.25) is 0 Å². The van der Waals surface area contributed by atoms with E-state index in [0.717, 1.165) is 25.3 Å². The van der Waals surface area contributed by atoms with E-state index in [1.807, 2.05) is 0 Å². The molecule has 1 aromatic rings. The summed E-state index contributed by atoms with van der Waals surface area (Å²) in [6.45, 7) is 0.366. The first-order chi connectivity index (χ1) is 12.8. The molecule has 0 bridgehead atoms. The highest BCUT2D eigenvalue weighted by Crippen LogP contribution is 2.39. The van der Waals surface area contributed by atoms with Crippen LogP contribution in [0.5, 0.6) is 5.75 Å². The molecule has 0 radical (unpaired) electrons. The number of halogens is 1. The van der Waals surface area contributed by atoms with Crippen LogP contribution in [0.3, 0.4) is 0 Å². The fourth-order valence-corrected chi connectivity index (χ4v) is 5.33. The van der Waals surface area contributed by atoms with E-state index in [0.29, 0.717) is 28.3 Å². The summed E-state index contributed by atoms with van der Waals surface area (Å²) >= 11 is 0. The zero-order valence-corrected chi connectivity index (χ0v) is 15.8. The third kappa shape index (κ3) is 3.50. The number of benzene rings is 1. The number of phenolic OH excluding ortho intramolecular Hbond substituents is 1. The van der Waals surface area contributed by atoms with Gasteiger partial charge in [0, 0.05) is 6.04 Å². The van der Waals surface area contributed by atoms with Crippen LogP contribution in [0.1, 0.15) is 43.2 Å². The molecule has 1 aromatic carbocycles. The van der Waals surface area contributed by atoms with E-state index in [2.05, 4.69) is 5.32 Å². The summed E-state index contributed by atoms with van der Waals surface area (Å²) in [5.74, 6) is -1.15. The van der Waals surface area contributed by atoms with Crippen molar-refractivity contribution in [1.29, 1.82) is 0 Å². The molecule has 4 rings (SSSR count). The Morgan fingerprint density at radius 3 is 2.74 bits per heavy atom. The predicted octanol–water partition coefficient (Wildman–Crippen LogP) is 1.35. The van der Waals surface area contributed by atoms with Crippen LogP contribution < -0.4 is 14.3 Å². The van der Waals surface area contributed by atoms with E-state index in [9.17, 15) is 18.3 Å². The summed E-state index contributed by atoms with van der Waals surface area (Å²) in [6.07, 6.45) is 6.94. The second-order valence-corrected chi connectivity index (χ2v) is 9.31. The third-order valence-electron chi connectivity index (χ3n) is 5.91. The molecule has 3 N–H and O–H groups in total. The first-order valence-electron chi connectivity index (χ1n) is 9.45. The minimum Gasteiger partial charge on any atom is -0.506 e. The van der Waals surface area contributed by atoms with Gasteiger partial charge in [-0.1, -0.05) is 19.3 Å². The summed E-state index contributed by atoms with van der Waals surface area (Å²) in [4.78, 5) is 11.5. The number of nitrogens with zero attached hydrogens (tertiary/aromatic N) is 1. The standard InChI is InChI=1S/C18H24FN3O4S/c19-17-14-9-13(20-7-6-11-2-1-3-11)5-4-12(14)8-15(23)18(17)22-10-16(24)21-27(22,25)26/h8,11,13,20,23H,1-7,9-10H2,(H,21,24)/t13-/m1/s1. The molecule has 0 aromatic heterocycles. The number of anilines is 1. The molecule has 3 aliphatic rings. The van der Waals surface area contributed by atoms with E-state index in [1.54, 1.807) is 4.72 Å². The molecular weight excluding hydrogens is 373 g/mol. The van der Waals surface area contributed by atoms with Gasteiger partial charge in [0.1, 0.15) is 18.0 Å². The van der Waals surface area contributed by atoms with Gasteiger partial charge in [0.25, 0.3) is 5.91 Å². The van der Waals surface area contributed by atoms with Gasteiger partial charge < -0.3 is 10.4 Å². The summed E-state index contributed by atoms with van der Waals surface area (Å²) in [5, 5.41) is 13.7. The lowest BCUT2D eigenvalue weighted by Crippen LogP contribution is -2.37. The second kappa shape index (κ2) is 6.94. The molecule has 1 amide bonds. The average Bonchev–Trinajstić information content (AvgIpc) is 2.82. The molecule has 148 valence electrons. The Labute approximate surface area is 158 Å². The maximum absolute atomic E-state index is 15.2. The van der Waals surface area contributed by atoms with Gasteiger partial charge >= 0.3 is 10.2 Å². The van der Waals surface area contributed by atoms with Gasteiger partial charge in [-0.2, -0.15) is 8.42 Å². The molecule has 1 aliphatic heterocycles. The van der Waals surface area contributed by atoms with Crippen molar-refractivity contribution in [1.82, 2.24) is 10.0 Å². The highest BCUT2D eigenvalue weighted by Gasteiger charge is 2.39. The van der Waals surface area contributed by atoms with Crippen molar-refractivity contribution in [3.05, 3.63) is 23.0 Å². The molecule has 0 spiro atoms. The molecule has 27 heavy (non-hydrogen) atoms. The number of nitrogens with one attached hydrogen (secondary N) is 2. The fourth-order valence-electron chi connectivity index (χ4n) is 4.17. The number of amides is 1. The number of hydrogen-bond acceptors (Lipinski definition) is 5. The van der Waals surface area contributed by atoms with Gasteiger partial charge in [0.15, 0.2) is 5.82 Å². The number of rotatable bonds is 5. The molecule has 1 atom stereocenters. The quantitative estimate of drug-likeness (QED) is 0.697. The van der Waals surface area contributed by atoms with Crippen LogP contribution >= 0.6 is 0 Å². The number of fused-ring (bicyclic) bond motifs is 1. The Morgan fingerprint density at radius 1 is 1.33 bits per heavy atom. The van der Waals surface area contributed by atoms with Crippen LogP contribution in [-0.2, 0) is 27.8 Å². The predicted molar refractivity (Wildman–Crippen MR) is 98.2 cm³/mol. The number of phenols is 1. The number of aryl methyl sites for hydroxylation is 1. The van der Waals surface area contributed by atoms with Crippen molar-refractivity contribution in [3.8, 4) is 5.75 Å². The van der Waals surface area contributed by atoms with Crippen LogP contribution in [0.2, 0.25) is 0 Å². The Bertz CT molecular complexity index is 870. The highest BCUT2D eigenvalue weighted by molar-refractivity contribution is 7.92. The van der Waals surface area contributed by atoms with Crippen molar-refractivity contribution in [2.24, 2.45) is 5.92 Å². The smallest absolute Gasteiger partial charge is 0.326 e. The molecule has 2 fully saturated rings. The van der Waals surface area contributed by atoms with Crippen LogP contribution in [-0.4, -0.2) is 38.6 Å². The van der Waals surface area contributed by atoms with Crippen molar-refractivity contribution in [2.75, 3.05) is 17.4 Å². The maximum Gasteiger partial charge on any atom is 0.326 e. The molecule has 1 saturated heterocycles. The lowest BCUT2D eigenvalue weighted by atomic mass is 9.82. The van der Waals surface area contributed by atoms with E-state index >= 15 is 4.39 Å². The zero-order valence-electron chi connectivity index (χ0n) is 15.0. The SMILES string of the molecule is O=C1CN(c2c(O)cc3c(c2F)C[C@H](NCCC2CCC2)CC3)S(=O)(=O)N1. The van der Waals surface area contributed by atoms with E-state index in [1.165, 1.54) is 25.3 Å². The van der Waals surface area contributed by atoms with Crippen molar-refractivity contribution >= 4 is 21.8 Å². The first kappa shape index (κ1) is 18.5. The van der Waals surface area contributed by atoms with Gasteiger partial charge in [-0.05, 0) is 55.3 Å². The number of carbonyl (C=O) groups excluding carboxylic acids is 1. The third-order valence-corrected chi connectivity index (χ3v) is 7.28. The van der Waals surface area contributed by atoms with Gasteiger partial charge in [-0.3, -0.25) is 4.79 Å². The normalized spacial score (nSPS) is 24.4. The highest BCUT2D eigenvalue weighted by atomic mass is 32.2. The molecular formula is C18H24FN3O4S. The van der Waals surface area contributed by atoms with Crippen molar-refractivity contribution in [2.45, 2.75) is 51.0 Å². The molecule has 7 nitrogen and oxygen atoms in total. The molecule has 2 aliphatic carbocycles. The molecule has 1 heterocycles. The van der Waals surface area contributed by atoms with Crippen molar-refractivity contribution < 1.29 is 22.7 Å².